The average molecular weight is 736 g/mol. The Morgan fingerprint density at radius 3 is 1.80 bits per heavy atom. The summed E-state index contributed by atoms with van der Waals surface area (Å²) in [5.74, 6) is 1.63. The van der Waals surface area contributed by atoms with Gasteiger partial charge in [-0.15, -0.1) is 34.9 Å². The number of aliphatic hydroxyl groups excluding tert-OH is 1. The first-order valence-corrected chi connectivity index (χ1v) is 14.7. The molecule has 0 saturated heterocycles. The number of nitrogens with zero attached hydrogens (tertiary/aromatic N) is 1. The summed E-state index contributed by atoms with van der Waals surface area (Å²) in [7, 11) is 0. The van der Waals surface area contributed by atoms with Crippen LogP contribution in [0.3, 0.4) is 0 Å². The van der Waals surface area contributed by atoms with Crippen molar-refractivity contribution in [3.63, 3.8) is 0 Å². The van der Waals surface area contributed by atoms with Gasteiger partial charge < -0.3 is 10.1 Å². The fourth-order valence-corrected chi connectivity index (χ4v) is 5.87. The Kier molecular flexibility index (Phi) is 15.0. The summed E-state index contributed by atoms with van der Waals surface area (Å²) in [6, 6.07) is 20.2. The van der Waals surface area contributed by atoms with Gasteiger partial charge >= 0.3 is 0 Å². The van der Waals surface area contributed by atoms with E-state index in [1.54, 1.807) is 0 Å². The van der Waals surface area contributed by atoms with Gasteiger partial charge in [0.05, 0.1) is 5.76 Å². The van der Waals surface area contributed by atoms with Crippen molar-refractivity contribution >= 4 is 5.78 Å². The first-order chi connectivity index (χ1) is 18.7. The predicted molar refractivity (Wildman–Crippen MR) is 170 cm³/mol. The number of aromatic nitrogens is 1. The Hall–Kier alpha value is -2.51. The zero-order valence-corrected chi connectivity index (χ0v) is 29.1. The molecule has 0 aliphatic rings. The van der Waals surface area contributed by atoms with Crippen LogP contribution in [0.2, 0.25) is 0 Å². The van der Waals surface area contributed by atoms with Gasteiger partial charge in [-0.05, 0) is 47.4 Å². The molecule has 1 aromatic heterocycles. The van der Waals surface area contributed by atoms with E-state index >= 15 is 0 Å². The molecule has 0 atom stereocenters. The zero-order chi connectivity index (χ0) is 30.1. The Balaban J connectivity index is 0.000000403. The zero-order valence-electron chi connectivity index (χ0n) is 26.9. The number of hydrogen-bond acceptors (Lipinski definition) is 3. The number of benzene rings is 2. The maximum Gasteiger partial charge on any atom is 0.162 e. The van der Waals surface area contributed by atoms with E-state index in [2.05, 4.69) is 130 Å². The SMILES string of the molecule is CC(C)C(C(=O)/C=C(\O)C(C(C)C)C(C)C)C(C)C.Cc1[c-]c(-c2cc(C)c(-c3ccccc3)cn2)cc(C)c1.[Pt]. The number of carbonyl (C=O) groups excluding carboxylic acids is 1. The first kappa shape index (κ1) is 36.5. The minimum Gasteiger partial charge on any atom is -0.512 e. The van der Waals surface area contributed by atoms with Gasteiger partial charge in [0.25, 0.3) is 0 Å². The van der Waals surface area contributed by atoms with E-state index < -0.39 is 0 Å². The van der Waals surface area contributed by atoms with Gasteiger partial charge in [0.1, 0.15) is 0 Å². The minimum absolute atomic E-state index is 0. The number of ketones is 1. The molecule has 0 saturated carbocycles. The molecule has 0 unspecified atom stereocenters. The standard InChI is InChI=1S/C20H18N.C17H32O2.Pt/c1-14-9-15(2)11-18(10-14)20-12-16(3)19(13-21-20)17-7-5-4-6-8-17;1-10(2)16(11(3)4)14(18)9-15(19)17(12(5)6)13(7)8;/h4-10,12-13H,1-3H3;9-13,16-18H,1-8H3;/q-1;;/b;14-9-;. The van der Waals surface area contributed by atoms with Gasteiger partial charge in [-0.25, -0.2) is 0 Å². The normalized spacial score (nSPS) is 11.8. The van der Waals surface area contributed by atoms with Crippen molar-refractivity contribution in [2.75, 3.05) is 0 Å². The van der Waals surface area contributed by atoms with Crippen LogP contribution in [-0.4, -0.2) is 15.9 Å². The molecule has 3 aromatic rings. The second kappa shape index (κ2) is 16.8. The molecule has 0 amide bonds. The number of allylic oxidation sites excluding steroid dienone is 2. The van der Waals surface area contributed by atoms with Crippen molar-refractivity contribution in [2.45, 2.75) is 76.2 Å². The fraction of sp³-hybridized carbons (Fsp3) is 0.459. The Morgan fingerprint density at radius 2 is 1.34 bits per heavy atom. The molecule has 0 aliphatic heterocycles. The number of carbonyl (C=O) groups is 1. The summed E-state index contributed by atoms with van der Waals surface area (Å²) in [4.78, 5) is 17.0. The molecule has 226 valence electrons. The van der Waals surface area contributed by atoms with E-state index in [0.717, 1.165) is 16.8 Å². The Morgan fingerprint density at radius 1 is 0.805 bits per heavy atom. The second-order valence-electron chi connectivity index (χ2n) is 12.5. The smallest absolute Gasteiger partial charge is 0.162 e. The quantitative estimate of drug-likeness (QED) is 0.135. The van der Waals surface area contributed by atoms with Crippen LogP contribution in [0.25, 0.3) is 22.4 Å². The summed E-state index contributed by atoms with van der Waals surface area (Å²) < 4.78 is 0. The number of hydrogen-bond donors (Lipinski definition) is 1. The van der Waals surface area contributed by atoms with E-state index in [0.29, 0.717) is 23.7 Å². The van der Waals surface area contributed by atoms with Gasteiger partial charge in [-0.1, -0.05) is 106 Å². The largest absolute Gasteiger partial charge is 0.512 e. The van der Waals surface area contributed by atoms with E-state index in [4.69, 9.17) is 0 Å². The van der Waals surface area contributed by atoms with Gasteiger partial charge in [0.2, 0.25) is 0 Å². The minimum atomic E-state index is -0.0119. The molecule has 0 spiro atoms. The van der Waals surface area contributed by atoms with Crippen molar-refractivity contribution in [1.29, 1.82) is 0 Å². The van der Waals surface area contributed by atoms with Gasteiger partial charge in [-0.3, -0.25) is 4.79 Å². The molecule has 0 aliphatic carbocycles. The molecular formula is C37H50NO2Pt-. The number of rotatable bonds is 9. The molecule has 4 heteroatoms. The van der Waals surface area contributed by atoms with Crippen LogP contribution >= 0.6 is 0 Å². The van der Waals surface area contributed by atoms with E-state index in [-0.39, 0.29) is 44.4 Å². The summed E-state index contributed by atoms with van der Waals surface area (Å²) in [5.41, 5.74) is 8.07. The third kappa shape index (κ3) is 10.7. The molecule has 0 fully saturated rings. The number of aliphatic hydroxyl groups is 1. The van der Waals surface area contributed by atoms with Crippen molar-refractivity contribution in [3.05, 3.63) is 89.3 Å². The van der Waals surface area contributed by atoms with Crippen LogP contribution in [0, 0.1) is 62.3 Å². The van der Waals surface area contributed by atoms with Crippen LogP contribution < -0.4 is 0 Å². The van der Waals surface area contributed by atoms with Crippen molar-refractivity contribution in [3.8, 4) is 22.4 Å². The molecule has 0 radical (unpaired) electrons. The third-order valence-electron chi connectivity index (χ3n) is 7.45. The maximum absolute atomic E-state index is 12.3. The number of pyridine rings is 1. The second-order valence-corrected chi connectivity index (χ2v) is 12.5. The molecule has 3 rings (SSSR count). The van der Waals surface area contributed by atoms with Crippen LogP contribution in [0.1, 0.15) is 72.1 Å². The maximum atomic E-state index is 12.3. The van der Waals surface area contributed by atoms with E-state index in [1.807, 2.05) is 12.3 Å². The average Bonchev–Trinajstić information content (AvgIpc) is 2.83. The Bertz CT molecular complexity index is 1240. The van der Waals surface area contributed by atoms with Crippen molar-refractivity contribution < 1.29 is 31.0 Å². The molecule has 1 heterocycles. The van der Waals surface area contributed by atoms with Gasteiger partial charge in [0, 0.05) is 50.7 Å². The topological polar surface area (TPSA) is 50.2 Å². The van der Waals surface area contributed by atoms with E-state index in [1.165, 1.54) is 28.3 Å². The molecular weight excluding hydrogens is 685 g/mol. The number of aryl methyl sites for hydroxylation is 3. The summed E-state index contributed by atoms with van der Waals surface area (Å²) in [6.45, 7) is 22.9. The molecule has 0 bridgehead atoms. The van der Waals surface area contributed by atoms with Crippen molar-refractivity contribution in [1.82, 2.24) is 4.98 Å². The molecule has 3 nitrogen and oxygen atoms in total. The van der Waals surface area contributed by atoms with Crippen LogP contribution in [0.15, 0.2) is 66.6 Å². The molecule has 2 aromatic carbocycles. The summed E-state index contributed by atoms with van der Waals surface area (Å²) in [6.07, 6.45) is 3.45. The monoisotopic (exact) mass is 735 g/mol. The van der Waals surface area contributed by atoms with Crippen molar-refractivity contribution in [2.24, 2.45) is 35.5 Å². The molecule has 41 heavy (non-hydrogen) atoms. The fourth-order valence-electron chi connectivity index (χ4n) is 5.87. The van der Waals surface area contributed by atoms with Crippen LogP contribution in [-0.2, 0) is 25.9 Å². The summed E-state index contributed by atoms with van der Waals surface area (Å²) >= 11 is 0. The first-order valence-electron chi connectivity index (χ1n) is 14.7. The third-order valence-corrected chi connectivity index (χ3v) is 7.45. The van der Waals surface area contributed by atoms with E-state index in [9.17, 15) is 9.90 Å². The Labute approximate surface area is 264 Å². The van der Waals surface area contributed by atoms with Crippen LogP contribution in [0.5, 0.6) is 0 Å². The predicted octanol–water partition coefficient (Wildman–Crippen LogP) is 9.99. The van der Waals surface area contributed by atoms with Crippen LogP contribution in [0.4, 0.5) is 0 Å². The van der Waals surface area contributed by atoms with Gasteiger partial charge in [0.15, 0.2) is 5.78 Å². The van der Waals surface area contributed by atoms with Gasteiger partial charge in [-0.2, -0.15) is 0 Å². The molecule has 1 N–H and O–H groups in total. The summed E-state index contributed by atoms with van der Waals surface area (Å²) in [5, 5.41) is 10.3.